The smallest absolute Gasteiger partial charge is 0.228 e. The molecule has 4 saturated carbocycles. The van der Waals surface area contributed by atoms with Crippen molar-refractivity contribution >= 4 is 5.91 Å². The van der Waals surface area contributed by atoms with Crippen molar-refractivity contribution in [1.82, 2.24) is 14.7 Å². The first-order chi connectivity index (χ1) is 10.0. The topological polar surface area (TPSA) is 38.1 Å². The second-order valence-electron chi connectivity index (χ2n) is 7.88. The van der Waals surface area contributed by atoms with Crippen LogP contribution < -0.4 is 0 Å². The predicted octanol–water partition coefficient (Wildman–Crippen LogP) is 2.59. The molecule has 114 valence electrons. The van der Waals surface area contributed by atoms with E-state index in [2.05, 4.69) is 5.10 Å². The summed E-state index contributed by atoms with van der Waals surface area (Å²) in [5.41, 5.74) is 1.10. The minimum Gasteiger partial charge on any atom is -0.341 e. The van der Waals surface area contributed by atoms with Gasteiger partial charge in [0.05, 0.1) is 11.6 Å². The number of hydrogen-bond acceptors (Lipinski definition) is 2. The first-order valence-corrected chi connectivity index (χ1v) is 8.27. The summed E-state index contributed by atoms with van der Waals surface area (Å²) in [6.45, 7) is 0.689. The molecule has 0 aliphatic heterocycles. The van der Waals surface area contributed by atoms with Gasteiger partial charge in [-0.15, -0.1) is 0 Å². The number of aromatic nitrogens is 2. The normalized spacial score (nSPS) is 37.0. The molecule has 0 unspecified atom stereocenters. The number of rotatable bonds is 3. The monoisotopic (exact) mass is 287 g/mol. The van der Waals surface area contributed by atoms with Crippen molar-refractivity contribution in [3.05, 3.63) is 18.0 Å². The molecule has 4 aliphatic carbocycles. The summed E-state index contributed by atoms with van der Waals surface area (Å²) in [7, 11) is 3.89. The standard InChI is InChI=1S/C17H25N3O/c1-19(10-15-9-18-20(2)11-15)16(21)17-6-12-3-13(7-17)5-14(4-12)8-17/h9,11-14H,3-8,10H2,1-2H3. The SMILES string of the molecule is CN(Cc1cnn(C)c1)C(=O)C12CC3CC(CC(C3)C1)C2. The van der Waals surface area contributed by atoms with Crippen LogP contribution in [0.1, 0.15) is 44.1 Å². The molecule has 4 aliphatic rings. The van der Waals surface area contributed by atoms with Crippen LogP contribution >= 0.6 is 0 Å². The summed E-state index contributed by atoms with van der Waals surface area (Å²) in [5, 5.41) is 4.20. The molecule has 0 radical (unpaired) electrons. The molecule has 0 saturated heterocycles. The Hall–Kier alpha value is -1.32. The highest BCUT2D eigenvalue weighted by Crippen LogP contribution is 2.60. The van der Waals surface area contributed by atoms with Crippen molar-refractivity contribution < 1.29 is 4.79 Å². The number of hydrogen-bond donors (Lipinski definition) is 0. The summed E-state index contributed by atoms with van der Waals surface area (Å²) in [4.78, 5) is 15.1. The van der Waals surface area contributed by atoms with Gasteiger partial charge in [-0.2, -0.15) is 5.10 Å². The minimum absolute atomic E-state index is 0.0221. The van der Waals surface area contributed by atoms with E-state index >= 15 is 0 Å². The summed E-state index contributed by atoms with van der Waals surface area (Å²) in [5.74, 6) is 2.87. The van der Waals surface area contributed by atoms with Gasteiger partial charge in [0.25, 0.3) is 0 Å². The zero-order chi connectivity index (χ0) is 14.6. The van der Waals surface area contributed by atoms with Crippen LogP contribution in [0.15, 0.2) is 12.4 Å². The van der Waals surface area contributed by atoms with Crippen LogP contribution in [0, 0.1) is 23.2 Å². The number of nitrogens with zero attached hydrogens (tertiary/aromatic N) is 3. The predicted molar refractivity (Wildman–Crippen MR) is 80.3 cm³/mol. The second-order valence-corrected chi connectivity index (χ2v) is 7.88. The Labute approximate surface area is 126 Å². The van der Waals surface area contributed by atoms with Gasteiger partial charge in [0.15, 0.2) is 0 Å². The highest BCUT2D eigenvalue weighted by molar-refractivity contribution is 5.83. The lowest BCUT2D eigenvalue weighted by molar-refractivity contribution is -0.156. The minimum atomic E-state index is -0.0221. The molecule has 0 aromatic carbocycles. The summed E-state index contributed by atoms with van der Waals surface area (Å²) >= 11 is 0. The van der Waals surface area contributed by atoms with Crippen LogP contribution in [0.5, 0.6) is 0 Å². The first-order valence-electron chi connectivity index (χ1n) is 8.27. The Bertz CT molecular complexity index is 527. The quantitative estimate of drug-likeness (QED) is 0.857. The maximum atomic E-state index is 13.1. The van der Waals surface area contributed by atoms with Gasteiger partial charge in [-0.05, 0) is 56.3 Å². The molecule has 0 atom stereocenters. The van der Waals surface area contributed by atoms with E-state index in [0.717, 1.165) is 42.6 Å². The molecule has 0 N–H and O–H groups in total. The fraction of sp³-hybridized carbons (Fsp3) is 0.765. The van der Waals surface area contributed by atoms with E-state index in [0.29, 0.717) is 12.5 Å². The van der Waals surface area contributed by atoms with E-state index in [4.69, 9.17) is 0 Å². The second kappa shape index (κ2) is 4.59. The molecule has 4 nitrogen and oxygen atoms in total. The van der Waals surface area contributed by atoms with Gasteiger partial charge < -0.3 is 4.90 Å². The summed E-state index contributed by atoms with van der Waals surface area (Å²) in [6.07, 6.45) is 11.5. The van der Waals surface area contributed by atoms with Crippen LogP contribution in [0.2, 0.25) is 0 Å². The maximum Gasteiger partial charge on any atom is 0.228 e. The first kappa shape index (κ1) is 13.4. The van der Waals surface area contributed by atoms with Crippen molar-refractivity contribution in [2.75, 3.05) is 7.05 Å². The van der Waals surface area contributed by atoms with Crippen LogP contribution in [0.4, 0.5) is 0 Å². The molecule has 0 spiro atoms. The third kappa shape index (κ3) is 2.19. The van der Waals surface area contributed by atoms with Crippen LogP contribution in [0.3, 0.4) is 0 Å². The zero-order valence-electron chi connectivity index (χ0n) is 13.1. The van der Waals surface area contributed by atoms with Crippen molar-refractivity contribution in [2.45, 2.75) is 45.1 Å². The molecule has 1 heterocycles. The Balaban J connectivity index is 1.51. The summed E-state index contributed by atoms with van der Waals surface area (Å²) in [6, 6.07) is 0. The van der Waals surface area contributed by atoms with Gasteiger partial charge >= 0.3 is 0 Å². The molecule has 4 heteroatoms. The molecule has 1 aromatic rings. The van der Waals surface area contributed by atoms with Gasteiger partial charge in [0, 0.05) is 32.4 Å². The zero-order valence-corrected chi connectivity index (χ0v) is 13.1. The van der Waals surface area contributed by atoms with Crippen molar-refractivity contribution in [3.8, 4) is 0 Å². The Morgan fingerprint density at radius 2 is 1.86 bits per heavy atom. The Morgan fingerprint density at radius 1 is 1.29 bits per heavy atom. The number of aryl methyl sites for hydroxylation is 1. The average molecular weight is 287 g/mol. The van der Waals surface area contributed by atoms with Crippen LogP contribution in [-0.2, 0) is 18.4 Å². The molecule has 1 amide bonds. The molecule has 1 aromatic heterocycles. The molecule has 5 rings (SSSR count). The lowest BCUT2D eigenvalue weighted by Crippen LogP contribution is -2.53. The summed E-state index contributed by atoms with van der Waals surface area (Å²) < 4.78 is 1.80. The van der Waals surface area contributed by atoms with Crippen molar-refractivity contribution in [1.29, 1.82) is 0 Å². The van der Waals surface area contributed by atoms with E-state index in [-0.39, 0.29) is 5.41 Å². The highest BCUT2D eigenvalue weighted by atomic mass is 16.2. The van der Waals surface area contributed by atoms with Crippen LogP contribution in [0.25, 0.3) is 0 Å². The van der Waals surface area contributed by atoms with E-state index in [1.807, 2.05) is 31.4 Å². The van der Waals surface area contributed by atoms with E-state index < -0.39 is 0 Å². The third-order valence-corrected chi connectivity index (χ3v) is 6.02. The molecular weight excluding hydrogens is 262 g/mol. The molecule has 21 heavy (non-hydrogen) atoms. The third-order valence-electron chi connectivity index (χ3n) is 6.02. The number of amides is 1. The number of carbonyl (C=O) groups excluding carboxylic acids is 1. The lowest BCUT2D eigenvalue weighted by atomic mass is 9.49. The van der Waals surface area contributed by atoms with E-state index in [9.17, 15) is 4.79 Å². The van der Waals surface area contributed by atoms with Gasteiger partial charge in [0.1, 0.15) is 0 Å². The average Bonchev–Trinajstić information content (AvgIpc) is 2.81. The molecular formula is C17H25N3O. The highest BCUT2D eigenvalue weighted by Gasteiger charge is 2.55. The fourth-order valence-corrected chi connectivity index (χ4v) is 5.68. The Kier molecular flexibility index (Phi) is 2.92. The van der Waals surface area contributed by atoms with Gasteiger partial charge in [-0.25, -0.2) is 0 Å². The fourth-order valence-electron chi connectivity index (χ4n) is 5.68. The van der Waals surface area contributed by atoms with Crippen molar-refractivity contribution in [3.63, 3.8) is 0 Å². The number of carbonyl (C=O) groups is 1. The Morgan fingerprint density at radius 3 is 2.33 bits per heavy atom. The van der Waals surface area contributed by atoms with Crippen LogP contribution in [-0.4, -0.2) is 27.6 Å². The van der Waals surface area contributed by atoms with Gasteiger partial charge in [-0.1, -0.05) is 0 Å². The van der Waals surface area contributed by atoms with Gasteiger partial charge in [-0.3, -0.25) is 9.48 Å². The van der Waals surface area contributed by atoms with Crippen molar-refractivity contribution in [2.24, 2.45) is 30.2 Å². The maximum absolute atomic E-state index is 13.1. The van der Waals surface area contributed by atoms with Gasteiger partial charge in [0.2, 0.25) is 5.91 Å². The molecule has 4 fully saturated rings. The lowest BCUT2D eigenvalue weighted by Gasteiger charge is -2.56. The molecule has 4 bridgehead atoms. The van der Waals surface area contributed by atoms with E-state index in [1.165, 1.54) is 19.3 Å². The largest absolute Gasteiger partial charge is 0.341 e. The van der Waals surface area contributed by atoms with E-state index in [1.54, 1.807) is 4.68 Å².